The van der Waals surface area contributed by atoms with Crippen LogP contribution in [-0.4, -0.2) is 62.7 Å². The van der Waals surface area contributed by atoms with Gasteiger partial charge < -0.3 is 30.3 Å². The van der Waals surface area contributed by atoms with Crippen molar-refractivity contribution in [1.29, 1.82) is 0 Å². The van der Waals surface area contributed by atoms with E-state index in [4.69, 9.17) is 25.5 Å². The van der Waals surface area contributed by atoms with Crippen LogP contribution in [0, 0.1) is 0 Å². The second-order valence-electron chi connectivity index (χ2n) is 7.60. The molecule has 30 heavy (non-hydrogen) atoms. The van der Waals surface area contributed by atoms with E-state index in [1.165, 1.54) is 70.6 Å². The molecule has 7 heteroatoms. The van der Waals surface area contributed by atoms with Crippen LogP contribution in [0.1, 0.15) is 96.8 Å². The van der Waals surface area contributed by atoms with E-state index in [0.717, 1.165) is 12.8 Å². The van der Waals surface area contributed by atoms with Crippen molar-refractivity contribution in [1.82, 2.24) is 0 Å². The number of carboxylic acids is 1. The number of rotatable bonds is 19. The Morgan fingerprint density at radius 1 is 0.800 bits per heavy atom. The van der Waals surface area contributed by atoms with E-state index in [1.807, 2.05) is 0 Å². The van der Waals surface area contributed by atoms with E-state index in [1.54, 1.807) is 0 Å². The topological polar surface area (TPSA) is 135 Å². The highest BCUT2D eigenvalue weighted by Crippen LogP contribution is 2.09. The molecule has 0 saturated carbocycles. The van der Waals surface area contributed by atoms with Gasteiger partial charge in [-0.25, -0.2) is 0 Å². The Hall–Kier alpha value is -1.28. The van der Waals surface area contributed by atoms with Crippen molar-refractivity contribution >= 4 is 12.3 Å². The van der Waals surface area contributed by atoms with E-state index >= 15 is 0 Å². The highest BCUT2D eigenvalue weighted by molar-refractivity contribution is 5.66. The van der Waals surface area contributed by atoms with Gasteiger partial charge in [0.2, 0.25) is 0 Å². The van der Waals surface area contributed by atoms with Crippen molar-refractivity contribution in [2.45, 2.75) is 115 Å². The molecule has 0 aliphatic rings. The fourth-order valence-electron chi connectivity index (χ4n) is 2.76. The number of carbonyl (C=O) groups excluding carboxylic acids is 1. The molecule has 0 bridgehead atoms. The molecule has 0 amide bonds. The van der Waals surface area contributed by atoms with Gasteiger partial charge in [0.1, 0.15) is 18.3 Å². The normalized spacial score (nSPS) is 14.0. The average molecular weight is 433 g/mol. The number of aldehydes is 1. The van der Waals surface area contributed by atoms with Gasteiger partial charge >= 0.3 is 5.97 Å². The quantitative estimate of drug-likeness (QED) is 0.120. The van der Waals surface area contributed by atoms with Gasteiger partial charge in [0.15, 0.2) is 6.29 Å². The standard InChI is InChI=1S/C18H34O2.C5H10O5/c1-2-3-4-5-6-7-8-9-10-11-12-13-14-15-16-17-18(19)20;6-1-3(8)5(10)4(9)2-7/h9-10H,2-8,11-17H2,1H3,(H,19,20);1,3-5,7-10H,2H2/b10-9+;. The Kier molecular flexibility index (Phi) is 24.7. The van der Waals surface area contributed by atoms with Crippen LogP contribution >= 0.6 is 0 Å². The van der Waals surface area contributed by atoms with Gasteiger partial charge in [-0.3, -0.25) is 4.79 Å². The summed E-state index contributed by atoms with van der Waals surface area (Å²) >= 11 is 0. The van der Waals surface area contributed by atoms with Gasteiger partial charge in [-0.1, -0.05) is 70.4 Å². The van der Waals surface area contributed by atoms with Crippen molar-refractivity contribution < 1.29 is 35.1 Å². The lowest BCUT2D eigenvalue weighted by Crippen LogP contribution is -2.40. The molecule has 0 aromatic heterocycles. The van der Waals surface area contributed by atoms with Crippen LogP contribution in [0.2, 0.25) is 0 Å². The van der Waals surface area contributed by atoms with Crippen molar-refractivity contribution in [2.75, 3.05) is 6.61 Å². The number of unbranched alkanes of at least 4 members (excludes halogenated alkanes) is 11. The maximum absolute atomic E-state index is 10.3. The molecule has 0 heterocycles. The van der Waals surface area contributed by atoms with Crippen LogP contribution in [0.15, 0.2) is 12.2 Å². The van der Waals surface area contributed by atoms with Gasteiger partial charge in [0.05, 0.1) is 6.61 Å². The smallest absolute Gasteiger partial charge is 0.303 e. The molecule has 0 aliphatic carbocycles. The molecule has 0 radical (unpaired) electrons. The van der Waals surface area contributed by atoms with Crippen LogP contribution in [-0.2, 0) is 9.59 Å². The zero-order valence-electron chi connectivity index (χ0n) is 18.6. The van der Waals surface area contributed by atoms with Gasteiger partial charge in [-0.05, 0) is 32.1 Å². The zero-order chi connectivity index (χ0) is 23.0. The molecule has 0 aromatic carbocycles. The lowest BCUT2D eigenvalue weighted by Gasteiger charge is -2.16. The predicted octanol–water partition coefficient (Wildman–Crippen LogP) is 3.37. The first-order chi connectivity index (χ1) is 14.4. The Morgan fingerprint density at radius 3 is 1.70 bits per heavy atom. The molecule has 3 atom stereocenters. The summed E-state index contributed by atoms with van der Waals surface area (Å²) in [5.41, 5.74) is 0. The summed E-state index contributed by atoms with van der Waals surface area (Å²) in [6.07, 6.45) is 16.6. The summed E-state index contributed by atoms with van der Waals surface area (Å²) in [4.78, 5) is 20.1. The van der Waals surface area contributed by atoms with Crippen LogP contribution in [0.4, 0.5) is 0 Å². The molecule has 3 unspecified atom stereocenters. The van der Waals surface area contributed by atoms with Gasteiger partial charge in [0.25, 0.3) is 0 Å². The summed E-state index contributed by atoms with van der Waals surface area (Å²) in [5, 5.41) is 42.6. The Balaban J connectivity index is 0. The molecule has 7 nitrogen and oxygen atoms in total. The second-order valence-corrected chi connectivity index (χ2v) is 7.60. The monoisotopic (exact) mass is 432 g/mol. The SMILES string of the molecule is CCCCCCCC/C=C/CCCCCCCC(=O)O.O=CC(O)C(O)C(O)CO. The number of allylic oxidation sites excluding steroid dienone is 2. The van der Waals surface area contributed by atoms with Crippen LogP contribution in [0.25, 0.3) is 0 Å². The van der Waals surface area contributed by atoms with Crippen molar-refractivity contribution in [3.63, 3.8) is 0 Å². The Bertz CT molecular complexity index is 412. The summed E-state index contributed by atoms with van der Waals surface area (Å²) in [5.74, 6) is -0.664. The summed E-state index contributed by atoms with van der Waals surface area (Å²) in [7, 11) is 0. The number of carboxylic acid groups (broad SMARTS) is 1. The average Bonchev–Trinajstić information content (AvgIpc) is 2.74. The molecule has 0 spiro atoms. The van der Waals surface area contributed by atoms with Gasteiger partial charge in [0, 0.05) is 6.42 Å². The number of hydrogen-bond donors (Lipinski definition) is 5. The van der Waals surface area contributed by atoms with E-state index in [-0.39, 0.29) is 6.29 Å². The number of aliphatic hydroxyl groups is 4. The van der Waals surface area contributed by atoms with Crippen LogP contribution in [0.5, 0.6) is 0 Å². The van der Waals surface area contributed by atoms with Crippen LogP contribution < -0.4 is 0 Å². The molecular formula is C23H44O7. The third kappa shape index (κ3) is 23.0. The molecule has 0 aliphatic heterocycles. The maximum atomic E-state index is 10.3. The Labute approximate surface area is 181 Å². The third-order valence-electron chi connectivity index (χ3n) is 4.72. The predicted molar refractivity (Wildman–Crippen MR) is 118 cm³/mol. The van der Waals surface area contributed by atoms with Gasteiger partial charge in [-0.2, -0.15) is 0 Å². The first-order valence-corrected chi connectivity index (χ1v) is 11.4. The molecule has 5 N–H and O–H groups in total. The van der Waals surface area contributed by atoms with Crippen molar-refractivity contribution in [3.8, 4) is 0 Å². The third-order valence-corrected chi connectivity index (χ3v) is 4.72. The molecule has 0 saturated heterocycles. The number of aliphatic carboxylic acids is 1. The first kappa shape index (κ1) is 30.9. The maximum Gasteiger partial charge on any atom is 0.303 e. The van der Waals surface area contributed by atoms with E-state index in [9.17, 15) is 9.59 Å². The van der Waals surface area contributed by atoms with E-state index in [0.29, 0.717) is 6.42 Å². The molecule has 0 rings (SSSR count). The lowest BCUT2D eigenvalue weighted by molar-refractivity contribution is -0.137. The van der Waals surface area contributed by atoms with Crippen molar-refractivity contribution in [3.05, 3.63) is 12.2 Å². The van der Waals surface area contributed by atoms with E-state index < -0.39 is 30.9 Å². The second kappa shape index (κ2) is 24.0. The highest BCUT2D eigenvalue weighted by atomic mass is 16.4. The largest absolute Gasteiger partial charge is 0.481 e. The Morgan fingerprint density at radius 2 is 1.27 bits per heavy atom. The summed E-state index contributed by atoms with van der Waals surface area (Å²) < 4.78 is 0. The fraction of sp³-hybridized carbons (Fsp3) is 0.826. The van der Waals surface area contributed by atoms with Crippen molar-refractivity contribution in [2.24, 2.45) is 0 Å². The minimum atomic E-state index is -1.64. The number of aliphatic hydroxyl groups excluding tert-OH is 4. The van der Waals surface area contributed by atoms with E-state index in [2.05, 4.69) is 19.1 Å². The molecule has 0 aromatic rings. The highest BCUT2D eigenvalue weighted by Gasteiger charge is 2.22. The minimum absolute atomic E-state index is 0.0869. The zero-order valence-corrected chi connectivity index (χ0v) is 18.6. The summed E-state index contributed by atoms with van der Waals surface area (Å²) in [6, 6.07) is 0. The lowest BCUT2D eigenvalue weighted by atomic mass is 10.1. The minimum Gasteiger partial charge on any atom is -0.481 e. The number of carbonyl (C=O) groups is 2. The molecule has 178 valence electrons. The van der Waals surface area contributed by atoms with Gasteiger partial charge in [-0.15, -0.1) is 0 Å². The fourth-order valence-corrected chi connectivity index (χ4v) is 2.76. The number of hydrogen-bond acceptors (Lipinski definition) is 6. The molecule has 0 fully saturated rings. The molecular weight excluding hydrogens is 388 g/mol. The first-order valence-electron chi connectivity index (χ1n) is 11.4. The summed E-state index contributed by atoms with van der Waals surface area (Å²) in [6.45, 7) is 1.57. The van der Waals surface area contributed by atoms with Crippen LogP contribution in [0.3, 0.4) is 0 Å².